The second kappa shape index (κ2) is 7.88. The van der Waals surface area contributed by atoms with Crippen LogP contribution in [0.1, 0.15) is 59.7 Å². The molecule has 0 spiro atoms. The summed E-state index contributed by atoms with van der Waals surface area (Å²) in [4.78, 5) is 19.3. The van der Waals surface area contributed by atoms with E-state index in [1.807, 2.05) is 36.4 Å². The van der Waals surface area contributed by atoms with Crippen molar-refractivity contribution in [2.45, 2.75) is 46.1 Å². The van der Waals surface area contributed by atoms with Crippen molar-refractivity contribution in [2.75, 3.05) is 6.61 Å². The van der Waals surface area contributed by atoms with Gasteiger partial charge in [0, 0.05) is 11.1 Å². The molecule has 2 N–H and O–H groups in total. The van der Waals surface area contributed by atoms with Gasteiger partial charge in [0.25, 0.3) is 5.91 Å². The summed E-state index contributed by atoms with van der Waals surface area (Å²) < 4.78 is 0. The Morgan fingerprint density at radius 1 is 1.28 bits per heavy atom. The summed E-state index contributed by atoms with van der Waals surface area (Å²) in [6.07, 6.45) is 3.23. The van der Waals surface area contributed by atoms with Crippen LogP contribution in [0, 0.1) is 11.3 Å². The average Bonchev–Trinajstić information content (AvgIpc) is 3.12. The highest BCUT2D eigenvalue weighted by Crippen LogP contribution is 2.38. The maximum atomic E-state index is 12.8. The lowest BCUT2D eigenvalue weighted by atomic mass is 9.71. The highest BCUT2D eigenvalue weighted by Gasteiger charge is 2.29. The van der Waals surface area contributed by atoms with Crippen LogP contribution in [0.4, 0.5) is 0 Å². The molecule has 2 aromatic heterocycles. The molecule has 0 bridgehead atoms. The van der Waals surface area contributed by atoms with E-state index in [2.05, 4.69) is 32.2 Å². The first-order valence-electron chi connectivity index (χ1n) is 10.2. The zero-order chi connectivity index (χ0) is 20.6. The largest absolute Gasteiger partial charge is 0.394 e. The van der Waals surface area contributed by atoms with Crippen LogP contribution < -0.4 is 5.32 Å². The molecule has 2 heterocycles. The van der Waals surface area contributed by atoms with Gasteiger partial charge >= 0.3 is 0 Å². The third-order valence-corrected chi connectivity index (χ3v) is 7.05. The van der Waals surface area contributed by atoms with Gasteiger partial charge in [-0.05, 0) is 53.9 Å². The van der Waals surface area contributed by atoms with Gasteiger partial charge in [0.1, 0.15) is 4.83 Å². The lowest BCUT2D eigenvalue weighted by Crippen LogP contribution is -2.30. The number of pyridine rings is 1. The first kappa shape index (κ1) is 20.0. The minimum absolute atomic E-state index is 0.138. The van der Waals surface area contributed by atoms with Crippen LogP contribution in [0.2, 0.25) is 0 Å². The monoisotopic (exact) mass is 408 g/mol. The minimum atomic E-state index is -0.414. The first-order valence-corrected chi connectivity index (χ1v) is 11.1. The molecule has 0 radical (unpaired) electrons. The molecule has 0 saturated carbocycles. The Hall–Kier alpha value is -2.24. The van der Waals surface area contributed by atoms with E-state index in [9.17, 15) is 9.90 Å². The third kappa shape index (κ3) is 4.21. The highest BCUT2D eigenvalue weighted by molar-refractivity contribution is 7.20. The number of nitrogens with zero attached hydrogens (tertiary/aromatic N) is 1. The smallest absolute Gasteiger partial charge is 0.262 e. The van der Waals surface area contributed by atoms with E-state index >= 15 is 0 Å². The van der Waals surface area contributed by atoms with Crippen LogP contribution in [0.25, 0.3) is 10.2 Å². The molecule has 0 fully saturated rings. The predicted molar refractivity (Wildman–Crippen MR) is 118 cm³/mol. The summed E-state index contributed by atoms with van der Waals surface area (Å²) >= 11 is 1.43. The minimum Gasteiger partial charge on any atom is -0.394 e. The SMILES string of the molecule is CC(C)(C)C1CCc2nc3sc(C(=O)N[C@H](CO)c4ccccc4)cc3cc2C1. The number of rotatable bonds is 4. The summed E-state index contributed by atoms with van der Waals surface area (Å²) in [7, 11) is 0. The Kier molecular flexibility index (Phi) is 5.45. The van der Waals surface area contributed by atoms with E-state index in [4.69, 9.17) is 4.98 Å². The standard InChI is InChI=1S/C24H28N2O2S/c1-24(2,3)18-9-10-19-16(12-18)11-17-13-21(29-23(17)26-19)22(28)25-20(14-27)15-7-5-4-6-8-15/h4-8,11,13,18,20,27H,9-10,12,14H2,1-3H3,(H,25,28)/t18?,20-/m1/s1. The van der Waals surface area contributed by atoms with E-state index in [-0.39, 0.29) is 12.5 Å². The maximum absolute atomic E-state index is 12.8. The number of hydrogen-bond donors (Lipinski definition) is 2. The molecule has 5 heteroatoms. The van der Waals surface area contributed by atoms with Gasteiger partial charge in [-0.1, -0.05) is 51.1 Å². The molecule has 2 atom stereocenters. The van der Waals surface area contributed by atoms with Crippen LogP contribution in [-0.2, 0) is 12.8 Å². The van der Waals surface area contributed by atoms with Gasteiger partial charge in [0.15, 0.2) is 0 Å². The molecule has 0 saturated heterocycles. The average molecular weight is 409 g/mol. The van der Waals surface area contributed by atoms with Gasteiger partial charge in [0.2, 0.25) is 0 Å². The number of hydrogen-bond acceptors (Lipinski definition) is 4. The van der Waals surface area contributed by atoms with Crippen LogP contribution in [0.3, 0.4) is 0 Å². The summed E-state index contributed by atoms with van der Waals surface area (Å²) in [5, 5.41) is 13.7. The Morgan fingerprint density at radius 3 is 2.72 bits per heavy atom. The van der Waals surface area contributed by atoms with Crippen molar-refractivity contribution in [3.05, 3.63) is 64.2 Å². The molecule has 1 amide bonds. The number of benzene rings is 1. The molecule has 29 heavy (non-hydrogen) atoms. The second-order valence-electron chi connectivity index (χ2n) is 9.02. The normalized spacial score (nSPS) is 17.7. The molecular weight excluding hydrogens is 380 g/mol. The van der Waals surface area contributed by atoms with Crippen LogP contribution in [0.15, 0.2) is 42.5 Å². The molecule has 1 unspecified atom stereocenters. The highest BCUT2D eigenvalue weighted by atomic mass is 32.1. The Labute approximate surface area is 176 Å². The number of aromatic nitrogens is 1. The van der Waals surface area contributed by atoms with Crippen molar-refractivity contribution in [2.24, 2.45) is 11.3 Å². The lowest BCUT2D eigenvalue weighted by molar-refractivity contribution is 0.0920. The van der Waals surface area contributed by atoms with Crippen molar-refractivity contribution < 1.29 is 9.90 Å². The number of fused-ring (bicyclic) bond motifs is 2. The maximum Gasteiger partial charge on any atom is 0.262 e. The molecule has 0 aliphatic heterocycles. The van der Waals surface area contributed by atoms with Gasteiger partial charge in [-0.3, -0.25) is 4.79 Å². The van der Waals surface area contributed by atoms with Gasteiger partial charge < -0.3 is 10.4 Å². The fraction of sp³-hybridized carbons (Fsp3) is 0.417. The fourth-order valence-corrected chi connectivity index (χ4v) is 5.06. The third-order valence-electron chi connectivity index (χ3n) is 6.01. The van der Waals surface area contributed by atoms with Crippen molar-refractivity contribution >= 4 is 27.5 Å². The molecule has 152 valence electrons. The van der Waals surface area contributed by atoms with Gasteiger partial charge in [-0.15, -0.1) is 11.3 Å². The quantitative estimate of drug-likeness (QED) is 0.645. The molecule has 1 aliphatic rings. The number of aliphatic hydroxyl groups excluding tert-OH is 1. The molecule has 3 aromatic rings. The van der Waals surface area contributed by atoms with Crippen molar-refractivity contribution in [1.82, 2.24) is 10.3 Å². The molecule has 1 aliphatic carbocycles. The summed E-state index contributed by atoms with van der Waals surface area (Å²) in [6, 6.07) is 13.3. The summed E-state index contributed by atoms with van der Waals surface area (Å²) in [6.45, 7) is 6.80. The zero-order valence-corrected chi connectivity index (χ0v) is 18.1. The number of thiophene rings is 1. The topological polar surface area (TPSA) is 62.2 Å². The summed E-state index contributed by atoms with van der Waals surface area (Å²) in [5.41, 5.74) is 3.70. The Bertz CT molecular complexity index is 1020. The van der Waals surface area contributed by atoms with Crippen molar-refractivity contribution in [1.29, 1.82) is 0 Å². The molecule has 1 aromatic carbocycles. The van der Waals surface area contributed by atoms with Crippen molar-refractivity contribution in [3.63, 3.8) is 0 Å². The Balaban J connectivity index is 1.57. The van der Waals surface area contributed by atoms with Crippen LogP contribution in [0.5, 0.6) is 0 Å². The van der Waals surface area contributed by atoms with Gasteiger partial charge in [-0.25, -0.2) is 4.98 Å². The first-order chi connectivity index (χ1) is 13.8. The van der Waals surface area contributed by atoms with Crippen molar-refractivity contribution in [3.8, 4) is 0 Å². The number of nitrogens with one attached hydrogen (secondary N) is 1. The molecule has 4 nitrogen and oxygen atoms in total. The predicted octanol–water partition coefficient (Wildman–Crippen LogP) is 4.91. The number of amides is 1. The van der Waals surface area contributed by atoms with E-state index < -0.39 is 6.04 Å². The van der Waals surface area contributed by atoms with Gasteiger partial charge in [0.05, 0.1) is 17.5 Å². The Morgan fingerprint density at radius 2 is 2.03 bits per heavy atom. The van der Waals surface area contributed by atoms with Gasteiger partial charge in [-0.2, -0.15) is 0 Å². The lowest BCUT2D eigenvalue weighted by Gasteiger charge is -2.34. The number of carbonyl (C=O) groups excluding carboxylic acids is 1. The van der Waals surface area contributed by atoms with Crippen LogP contribution >= 0.6 is 11.3 Å². The number of carbonyl (C=O) groups is 1. The van der Waals surface area contributed by atoms with E-state index in [1.165, 1.54) is 29.0 Å². The summed E-state index contributed by atoms with van der Waals surface area (Å²) in [5.74, 6) is 0.494. The fourth-order valence-electron chi connectivity index (χ4n) is 4.12. The number of aliphatic hydroxyl groups is 1. The van der Waals surface area contributed by atoms with E-state index in [1.54, 1.807) is 0 Å². The molecular formula is C24H28N2O2S. The number of aryl methyl sites for hydroxylation is 1. The second-order valence-corrected chi connectivity index (χ2v) is 10.1. The van der Waals surface area contributed by atoms with E-state index in [0.29, 0.717) is 16.2 Å². The molecule has 4 rings (SSSR count). The van der Waals surface area contributed by atoms with E-state index in [0.717, 1.165) is 28.6 Å². The zero-order valence-electron chi connectivity index (χ0n) is 17.2. The van der Waals surface area contributed by atoms with Crippen LogP contribution in [-0.4, -0.2) is 22.6 Å².